The van der Waals surface area contributed by atoms with E-state index in [2.05, 4.69) is 35.0 Å². The number of hydrogen-bond acceptors (Lipinski definition) is 0. The van der Waals surface area contributed by atoms with E-state index in [1.807, 2.05) is 0 Å². The van der Waals surface area contributed by atoms with Gasteiger partial charge in [-0.05, 0) is 25.7 Å². The Kier molecular flexibility index (Phi) is 29.9. The molecule has 1 nitrogen and oxygen atoms in total. The largest absolute Gasteiger partial charge is 0.328 e. The molecule has 0 fully saturated rings. The minimum absolute atomic E-state index is 0.870. The molecule has 1 heteroatoms. The van der Waals surface area contributed by atoms with E-state index in [4.69, 9.17) is 0 Å². The number of rotatable bonds is 32. The maximum Gasteiger partial charge on any atom is 0.0884 e. The van der Waals surface area contributed by atoms with Crippen LogP contribution in [-0.4, -0.2) is 31.7 Å². The highest BCUT2D eigenvalue weighted by molar-refractivity contribution is 4.61. The molecule has 0 saturated heterocycles. The third kappa shape index (κ3) is 29.0. The first kappa shape index (κ1) is 38.0. The van der Waals surface area contributed by atoms with Crippen LogP contribution in [-0.2, 0) is 0 Å². The number of hydrogen-bond donors (Lipinski definition) is 0. The SMILES string of the molecule is CCCCCCCCCCCCCCCCCC(CCCCCCCCCCCCCCCC)[N+](C)(C)C. The van der Waals surface area contributed by atoms with E-state index in [1.54, 1.807) is 0 Å². The molecule has 0 aromatic carbocycles. The summed E-state index contributed by atoms with van der Waals surface area (Å²) in [4.78, 5) is 0. The highest BCUT2D eigenvalue weighted by atomic mass is 15.3. The monoisotopic (exact) mass is 537 g/mol. The van der Waals surface area contributed by atoms with Gasteiger partial charge in [0.05, 0.1) is 27.2 Å². The van der Waals surface area contributed by atoms with Crippen LogP contribution in [0.5, 0.6) is 0 Å². The van der Waals surface area contributed by atoms with Crippen molar-refractivity contribution in [1.82, 2.24) is 0 Å². The smallest absolute Gasteiger partial charge is 0.0884 e. The molecule has 1 unspecified atom stereocenters. The Hall–Kier alpha value is -0.0400. The summed E-state index contributed by atoms with van der Waals surface area (Å²) in [5.41, 5.74) is 0. The molecule has 230 valence electrons. The third-order valence-corrected chi connectivity index (χ3v) is 9.13. The van der Waals surface area contributed by atoms with Crippen molar-refractivity contribution in [2.45, 2.75) is 219 Å². The van der Waals surface area contributed by atoms with Crippen molar-refractivity contribution in [1.29, 1.82) is 0 Å². The highest BCUT2D eigenvalue weighted by Crippen LogP contribution is 2.21. The van der Waals surface area contributed by atoms with Gasteiger partial charge in [-0.3, -0.25) is 0 Å². The minimum atomic E-state index is 0.870. The average molecular weight is 537 g/mol. The van der Waals surface area contributed by atoms with Crippen molar-refractivity contribution in [2.24, 2.45) is 0 Å². The molecule has 0 radical (unpaired) electrons. The molecule has 0 aliphatic rings. The molecule has 0 saturated carbocycles. The van der Waals surface area contributed by atoms with E-state index >= 15 is 0 Å². The Balaban J connectivity index is 3.51. The zero-order valence-corrected chi connectivity index (χ0v) is 27.9. The van der Waals surface area contributed by atoms with E-state index in [1.165, 1.54) is 199 Å². The fourth-order valence-electron chi connectivity index (χ4n) is 6.24. The maximum absolute atomic E-state index is 2.43. The molecule has 0 aromatic rings. The summed E-state index contributed by atoms with van der Waals surface area (Å²) in [6.07, 6.45) is 45.4. The Morgan fingerprint density at radius 3 is 0.658 bits per heavy atom. The van der Waals surface area contributed by atoms with Crippen LogP contribution in [0.25, 0.3) is 0 Å². The fourth-order valence-corrected chi connectivity index (χ4v) is 6.24. The molecule has 0 bridgehead atoms. The lowest BCUT2D eigenvalue weighted by Gasteiger charge is -2.34. The van der Waals surface area contributed by atoms with Crippen LogP contribution in [0.2, 0.25) is 0 Å². The van der Waals surface area contributed by atoms with Gasteiger partial charge in [-0.15, -0.1) is 0 Å². The van der Waals surface area contributed by atoms with E-state index in [0.29, 0.717) is 0 Å². The topological polar surface area (TPSA) is 0 Å². The molecule has 0 N–H and O–H groups in total. The summed E-state index contributed by atoms with van der Waals surface area (Å²) in [6, 6.07) is 0.870. The van der Waals surface area contributed by atoms with Gasteiger partial charge in [0, 0.05) is 0 Å². The van der Waals surface area contributed by atoms with Gasteiger partial charge in [-0.2, -0.15) is 0 Å². The lowest BCUT2D eigenvalue weighted by atomic mass is 9.97. The quantitative estimate of drug-likeness (QED) is 0.0592. The Bertz CT molecular complexity index is 423. The second-order valence-electron chi connectivity index (χ2n) is 13.9. The first-order valence-electron chi connectivity index (χ1n) is 18.3. The molecule has 0 aliphatic heterocycles. The van der Waals surface area contributed by atoms with Crippen molar-refractivity contribution < 1.29 is 4.48 Å². The second kappa shape index (κ2) is 29.9. The van der Waals surface area contributed by atoms with Crippen LogP contribution in [0.4, 0.5) is 0 Å². The molecule has 0 rings (SSSR count). The van der Waals surface area contributed by atoms with Crippen LogP contribution in [0, 0.1) is 0 Å². The molecule has 0 spiro atoms. The Morgan fingerprint density at radius 1 is 0.289 bits per heavy atom. The predicted molar refractivity (Wildman–Crippen MR) is 176 cm³/mol. The van der Waals surface area contributed by atoms with E-state index in [9.17, 15) is 0 Å². The van der Waals surface area contributed by atoms with Gasteiger partial charge >= 0.3 is 0 Å². The van der Waals surface area contributed by atoms with Gasteiger partial charge in [0.1, 0.15) is 0 Å². The van der Waals surface area contributed by atoms with E-state index in [-0.39, 0.29) is 0 Å². The lowest BCUT2D eigenvalue weighted by Crippen LogP contribution is -2.45. The van der Waals surface area contributed by atoms with Crippen LogP contribution >= 0.6 is 0 Å². The summed E-state index contributed by atoms with van der Waals surface area (Å²) < 4.78 is 1.16. The summed E-state index contributed by atoms with van der Waals surface area (Å²) in [6.45, 7) is 4.62. The van der Waals surface area contributed by atoms with Gasteiger partial charge in [-0.1, -0.05) is 187 Å². The molecular formula is C37H78N+. The highest BCUT2D eigenvalue weighted by Gasteiger charge is 2.22. The van der Waals surface area contributed by atoms with Crippen molar-refractivity contribution in [3.05, 3.63) is 0 Å². The molecule has 0 amide bonds. The molecule has 0 aliphatic carbocycles. The molecule has 38 heavy (non-hydrogen) atoms. The zero-order valence-electron chi connectivity index (χ0n) is 27.9. The Labute approximate surface area is 244 Å². The van der Waals surface area contributed by atoms with Crippen LogP contribution < -0.4 is 0 Å². The average Bonchev–Trinajstić information content (AvgIpc) is 2.89. The molecule has 0 heterocycles. The summed E-state index contributed by atoms with van der Waals surface area (Å²) in [5.74, 6) is 0. The van der Waals surface area contributed by atoms with Gasteiger partial charge < -0.3 is 4.48 Å². The van der Waals surface area contributed by atoms with Gasteiger partial charge in [0.2, 0.25) is 0 Å². The standard InChI is InChI=1S/C37H78N/c1-6-8-10-12-14-16-18-20-22-24-26-28-30-32-34-36-37(38(3,4)5)35-33-31-29-27-25-23-21-19-17-15-13-11-9-7-2/h37H,6-36H2,1-5H3/q+1. The van der Waals surface area contributed by atoms with Gasteiger partial charge in [-0.25, -0.2) is 0 Å². The lowest BCUT2D eigenvalue weighted by molar-refractivity contribution is -0.896. The summed E-state index contributed by atoms with van der Waals surface area (Å²) in [7, 11) is 7.29. The third-order valence-electron chi connectivity index (χ3n) is 9.13. The fraction of sp³-hybridized carbons (Fsp3) is 1.00. The predicted octanol–water partition coefficient (Wildman–Crippen LogP) is 13.2. The Morgan fingerprint density at radius 2 is 0.474 bits per heavy atom. The first-order valence-corrected chi connectivity index (χ1v) is 18.3. The second-order valence-corrected chi connectivity index (χ2v) is 13.9. The van der Waals surface area contributed by atoms with Crippen molar-refractivity contribution in [3.63, 3.8) is 0 Å². The molecule has 0 aromatic heterocycles. The van der Waals surface area contributed by atoms with Gasteiger partial charge in [0.15, 0.2) is 0 Å². The van der Waals surface area contributed by atoms with Crippen LogP contribution in [0.15, 0.2) is 0 Å². The van der Waals surface area contributed by atoms with E-state index < -0.39 is 0 Å². The maximum atomic E-state index is 2.43. The number of nitrogens with zero attached hydrogens (tertiary/aromatic N) is 1. The first-order chi connectivity index (χ1) is 18.5. The minimum Gasteiger partial charge on any atom is -0.328 e. The normalized spacial score (nSPS) is 12.9. The van der Waals surface area contributed by atoms with Crippen molar-refractivity contribution in [3.8, 4) is 0 Å². The van der Waals surface area contributed by atoms with E-state index in [0.717, 1.165) is 10.5 Å². The molecule has 1 atom stereocenters. The van der Waals surface area contributed by atoms with Crippen LogP contribution in [0.1, 0.15) is 213 Å². The number of quaternary nitrogens is 1. The summed E-state index contributed by atoms with van der Waals surface area (Å²) >= 11 is 0. The van der Waals surface area contributed by atoms with Crippen molar-refractivity contribution in [2.75, 3.05) is 21.1 Å². The zero-order chi connectivity index (χ0) is 28.0. The van der Waals surface area contributed by atoms with Crippen molar-refractivity contribution >= 4 is 0 Å². The van der Waals surface area contributed by atoms with Gasteiger partial charge in [0.25, 0.3) is 0 Å². The summed E-state index contributed by atoms with van der Waals surface area (Å²) in [5, 5.41) is 0. The molecular weight excluding hydrogens is 458 g/mol. The number of unbranched alkanes of at least 4 members (excludes halogenated alkanes) is 27. The van der Waals surface area contributed by atoms with Crippen LogP contribution in [0.3, 0.4) is 0 Å².